The van der Waals surface area contributed by atoms with Crippen LogP contribution in [0.3, 0.4) is 0 Å². The Morgan fingerprint density at radius 3 is 2.75 bits per heavy atom. The maximum Gasteiger partial charge on any atom is 0.306 e. The molecule has 1 aromatic carbocycles. The lowest BCUT2D eigenvalue weighted by atomic mass is 9.71. The van der Waals surface area contributed by atoms with Gasteiger partial charge in [-0.15, -0.1) is 0 Å². The van der Waals surface area contributed by atoms with Crippen molar-refractivity contribution in [1.82, 2.24) is 0 Å². The van der Waals surface area contributed by atoms with Crippen LogP contribution in [0.2, 0.25) is 0 Å². The van der Waals surface area contributed by atoms with E-state index >= 15 is 0 Å². The largest absolute Gasteiger partial charge is 0.466 e. The second-order valence-electron chi connectivity index (χ2n) is 5.59. The van der Waals surface area contributed by atoms with E-state index in [4.69, 9.17) is 4.74 Å². The molecule has 24 heavy (non-hydrogen) atoms. The fourth-order valence-corrected chi connectivity index (χ4v) is 3.34. The summed E-state index contributed by atoms with van der Waals surface area (Å²) < 4.78 is 22.5. The first kappa shape index (κ1) is 19.3. The van der Waals surface area contributed by atoms with Crippen LogP contribution in [0.25, 0.3) is 0 Å². The molecule has 1 aromatic rings. The van der Waals surface area contributed by atoms with Gasteiger partial charge in [-0.2, -0.15) is 3.21 Å². The smallest absolute Gasteiger partial charge is 0.306 e. The minimum absolute atomic E-state index is 0.0926. The summed E-state index contributed by atoms with van der Waals surface area (Å²) in [4.78, 5) is 23.9. The lowest BCUT2D eigenvalue weighted by molar-refractivity contribution is -0.146. The van der Waals surface area contributed by atoms with Crippen molar-refractivity contribution in [1.29, 1.82) is 0 Å². The average molecular weight is 511 g/mol. The molecule has 0 aliphatic heterocycles. The van der Waals surface area contributed by atoms with E-state index in [1.54, 1.807) is 41.9 Å². The van der Waals surface area contributed by atoms with Crippen molar-refractivity contribution in [3.05, 3.63) is 28.5 Å². The highest BCUT2D eigenvalue weighted by atomic mass is 127. The number of hydrogen-bond donors (Lipinski definition) is 1. The number of carbonyl (C=O) groups excluding carboxylic acids is 2. The Hall–Kier alpha value is -1.03. The van der Waals surface area contributed by atoms with Gasteiger partial charge in [-0.3, -0.25) is 9.59 Å². The number of ketones is 1. The maximum atomic E-state index is 13.3. The van der Waals surface area contributed by atoms with Crippen LogP contribution < -0.4 is 5.32 Å². The van der Waals surface area contributed by atoms with Crippen molar-refractivity contribution in [3.8, 4) is 0 Å². The van der Waals surface area contributed by atoms with Crippen molar-refractivity contribution in [2.45, 2.75) is 26.2 Å². The SMILES string of the molecule is CCOC(=O)CC1CC(C(=O)/C(=N/I)Nc2ccc(F)c(Br)c2)C1. The molecule has 8 heteroatoms. The molecule has 0 spiro atoms. The molecule has 1 saturated carbocycles. The molecule has 0 heterocycles. The number of esters is 1. The van der Waals surface area contributed by atoms with Gasteiger partial charge in [-0.25, -0.2) is 4.39 Å². The van der Waals surface area contributed by atoms with Gasteiger partial charge in [-0.1, -0.05) is 0 Å². The van der Waals surface area contributed by atoms with E-state index in [0.717, 1.165) is 0 Å². The van der Waals surface area contributed by atoms with Crippen molar-refractivity contribution >= 4 is 62.1 Å². The van der Waals surface area contributed by atoms with Gasteiger partial charge in [0, 0.05) is 18.0 Å². The highest BCUT2D eigenvalue weighted by molar-refractivity contribution is 14.1. The molecule has 0 aromatic heterocycles. The minimum atomic E-state index is -0.374. The number of Topliss-reactive ketones (excluding diaryl/α,β-unsaturated/α-hetero) is 1. The molecule has 0 saturated heterocycles. The lowest BCUT2D eigenvalue weighted by Crippen LogP contribution is -2.38. The quantitative estimate of drug-likeness (QED) is 0.268. The lowest BCUT2D eigenvalue weighted by Gasteiger charge is -2.33. The summed E-state index contributed by atoms with van der Waals surface area (Å²) in [6.07, 6.45) is 1.66. The second kappa shape index (κ2) is 8.89. The van der Waals surface area contributed by atoms with Crippen molar-refractivity contribution < 1.29 is 18.7 Å². The van der Waals surface area contributed by atoms with E-state index in [2.05, 4.69) is 24.5 Å². The van der Waals surface area contributed by atoms with Crippen LogP contribution in [0.5, 0.6) is 0 Å². The molecule has 0 radical (unpaired) electrons. The molecular weight excluding hydrogens is 494 g/mol. The first-order valence-electron chi connectivity index (χ1n) is 7.55. The first-order chi connectivity index (χ1) is 11.4. The minimum Gasteiger partial charge on any atom is -0.466 e. The zero-order valence-electron chi connectivity index (χ0n) is 13.0. The fraction of sp³-hybridized carbons (Fsp3) is 0.438. The van der Waals surface area contributed by atoms with Gasteiger partial charge in [0.2, 0.25) is 5.78 Å². The number of anilines is 1. The van der Waals surface area contributed by atoms with Gasteiger partial charge in [0.05, 0.1) is 33.9 Å². The van der Waals surface area contributed by atoms with E-state index < -0.39 is 0 Å². The van der Waals surface area contributed by atoms with E-state index in [0.29, 0.717) is 36.0 Å². The zero-order chi connectivity index (χ0) is 17.7. The highest BCUT2D eigenvalue weighted by Gasteiger charge is 2.37. The Balaban J connectivity index is 1.89. The molecule has 1 aliphatic carbocycles. The zero-order valence-corrected chi connectivity index (χ0v) is 16.8. The van der Waals surface area contributed by atoms with E-state index in [9.17, 15) is 14.0 Å². The molecule has 2 rings (SSSR count). The number of hydrogen-bond acceptors (Lipinski definition) is 4. The summed E-state index contributed by atoms with van der Waals surface area (Å²) in [6, 6.07) is 4.40. The standard InChI is InChI=1S/C16H17BrFIN2O3/c1-2-24-14(22)7-9-5-10(6-9)15(23)16(21-19)20-11-3-4-13(18)12(17)8-11/h3-4,8-10H,2,5-7H2,1H3,(H,20,21). The van der Waals surface area contributed by atoms with Gasteiger partial charge in [0.1, 0.15) is 5.82 Å². The summed E-state index contributed by atoms with van der Waals surface area (Å²) in [5, 5.41) is 2.93. The Bertz CT molecular complexity index is 663. The molecule has 1 fully saturated rings. The third-order valence-corrected chi connectivity index (χ3v) is 4.96. The number of nitrogens with zero attached hydrogens (tertiary/aromatic N) is 1. The van der Waals surface area contributed by atoms with E-state index in [1.807, 2.05) is 0 Å². The maximum absolute atomic E-state index is 13.3. The predicted octanol–water partition coefficient (Wildman–Crippen LogP) is 4.30. The molecule has 130 valence electrons. The van der Waals surface area contributed by atoms with Crippen LogP contribution in [0, 0.1) is 17.7 Å². The van der Waals surface area contributed by atoms with Crippen molar-refractivity contribution in [2.24, 2.45) is 15.0 Å². The summed E-state index contributed by atoms with van der Waals surface area (Å²) in [7, 11) is 0. The van der Waals surface area contributed by atoms with Crippen LogP contribution in [0.15, 0.2) is 25.9 Å². The molecule has 1 N–H and O–H groups in total. The van der Waals surface area contributed by atoms with Gasteiger partial charge < -0.3 is 10.1 Å². The summed E-state index contributed by atoms with van der Waals surface area (Å²) in [5.41, 5.74) is 0.578. The van der Waals surface area contributed by atoms with Crippen LogP contribution in [0.4, 0.5) is 10.1 Å². The van der Waals surface area contributed by atoms with Crippen molar-refractivity contribution in [2.75, 3.05) is 11.9 Å². The Labute approximate surface area is 162 Å². The van der Waals surface area contributed by atoms with Crippen LogP contribution in [-0.4, -0.2) is 24.2 Å². The summed E-state index contributed by atoms with van der Waals surface area (Å²) in [6.45, 7) is 2.14. The predicted molar refractivity (Wildman–Crippen MR) is 102 cm³/mol. The number of ether oxygens (including phenoxy) is 1. The number of amidine groups is 1. The normalized spacial score (nSPS) is 20.2. The molecule has 1 aliphatic rings. The van der Waals surface area contributed by atoms with E-state index in [1.165, 1.54) is 6.07 Å². The summed E-state index contributed by atoms with van der Waals surface area (Å²) >= 11 is 4.87. The van der Waals surface area contributed by atoms with Gasteiger partial charge >= 0.3 is 5.97 Å². The fourth-order valence-electron chi connectivity index (χ4n) is 2.60. The van der Waals surface area contributed by atoms with Crippen LogP contribution >= 0.6 is 38.8 Å². The monoisotopic (exact) mass is 510 g/mol. The molecule has 0 atom stereocenters. The molecule has 0 unspecified atom stereocenters. The number of nitrogens with one attached hydrogen (secondary N) is 1. The number of halogens is 3. The Kier molecular flexibility index (Phi) is 7.15. The first-order valence-corrected chi connectivity index (χ1v) is 9.31. The van der Waals surface area contributed by atoms with Crippen LogP contribution in [-0.2, 0) is 14.3 Å². The molecule has 0 bridgehead atoms. The Morgan fingerprint density at radius 1 is 1.46 bits per heavy atom. The van der Waals surface area contributed by atoms with Gasteiger partial charge in [0.25, 0.3) is 0 Å². The van der Waals surface area contributed by atoms with Gasteiger partial charge in [-0.05, 0) is 59.8 Å². The van der Waals surface area contributed by atoms with Crippen LogP contribution in [0.1, 0.15) is 26.2 Å². The third kappa shape index (κ3) is 4.98. The molecule has 5 nitrogen and oxygen atoms in total. The number of carbonyl (C=O) groups is 2. The number of rotatable bonds is 6. The molecular formula is C16H17BrFIN2O3. The number of benzene rings is 1. The van der Waals surface area contributed by atoms with Gasteiger partial charge in [0.15, 0.2) is 5.84 Å². The Morgan fingerprint density at radius 2 is 2.17 bits per heavy atom. The van der Waals surface area contributed by atoms with E-state index in [-0.39, 0.29) is 35.2 Å². The average Bonchev–Trinajstić information content (AvgIpc) is 2.51. The molecule has 0 amide bonds. The summed E-state index contributed by atoms with van der Waals surface area (Å²) in [5.74, 6) is -0.410. The highest BCUT2D eigenvalue weighted by Crippen LogP contribution is 2.37. The second-order valence-corrected chi connectivity index (χ2v) is 6.93. The van der Waals surface area contributed by atoms with Crippen molar-refractivity contribution in [3.63, 3.8) is 0 Å². The third-order valence-electron chi connectivity index (χ3n) is 3.87. The topological polar surface area (TPSA) is 67.8 Å².